The van der Waals surface area contributed by atoms with E-state index < -0.39 is 5.91 Å². The number of primary amides is 1. The van der Waals surface area contributed by atoms with Crippen LogP contribution in [0.15, 0.2) is 54.7 Å². The van der Waals surface area contributed by atoms with Crippen LogP contribution in [0.1, 0.15) is 35.7 Å². The Kier molecular flexibility index (Phi) is 7.48. The summed E-state index contributed by atoms with van der Waals surface area (Å²) in [4.78, 5) is 25.7. The summed E-state index contributed by atoms with van der Waals surface area (Å²) in [5, 5.41) is 7.84. The number of methoxy groups -OCH3 is 1. The van der Waals surface area contributed by atoms with Gasteiger partial charge in [0.1, 0.15) is 5.69 Å². The molecule has 1 aliphatic heterocycles. The highest BCUT2D eigenvalue weighted by molar-refractivity contribution is 6.31. The number of carbonyl (C=O) groups is 1. The van der Waals surface area contributed by atoms with Crippen LogP contribution in [0.25, 0.3) is 16.6 Å². The van der Waals surface area contributed by atoms with Crippen LogP contribution < -0.4 is 26.1 Å². The predicted molar refractivity (Wildman–Crippen MR) is 152 cm³/mol. The molecule has 9 nitrogen and oxygen atoms in total. The highest BCUT2D eigenvalue weighted by Crippen LogP contribution is 2.33. The summed E-state index contributed by atoms with van der Waals surface area (Å²) in [6.45, 7) is 5.35. The van der Waals surface area contributed by atoms with Crippen LogP contribution in [-0.2, 0) is 0 Å². The Hall–Kier alpha value is -4.08. The van der Waals surface area contributed by atoms with Gasteiger partial charge in [0.05, 0.1) is 23.7 Å². The summed E-state index contributed by atoms with van der Waals surface area (Å²) in [5.74, 6) is 1.14. The second kappa shape index (κ2) is 11.1. The van der Waals surface area contributed by atoms with Crippen molar-refractivity contribution in [3.63, 3.8) is 0 Å². The molecule has 0 saturated carbocycles. The fraction of sp³-hybridized carbons (Fsp3) is 0.250. The highest BCUT2D eigenvalue weighted by Gasteiger charge is 2.20. The molecular formula is C28H31ClN7O2+. The van der Waals surface area contributed by atoms with E-state index in [1.54, 1.807) is 31.5 Å². The van der Waals surface area contributed by atoms with Crippen molar-refractivity contribution in [1.82, 2.24) is 14.9 Å². The Morgan fingerprint density at radius 1 is 1.21 bits per heavy atom. The quantitative estimate of drug-likeness (QED) is 0.237. The molecular weight excluding hydrogens is 502 g/mol. The molecule has 3 heterocycles. The fourth-order valence-corrected chi connectivity index (χ4v) is 4.92. The molecule has 196 valence electrons. The molecule has 0 spiro atoms. The number of H-pyrrole nitrogens is 2. The van der Waals surface area contributed by atoms with E-state index >= 15 is 0 Å². The maximum Gasteiger partial charge on any atom is 0.351 e. The number of aromatic amines is 2. The molecule has 2 aromatic carbocycles. The second-order valence-electron chi connectivity index (χ2n) is 9.21. The molecule has 0 aliphatic carbocycles. The number of halogens is 1. The zero-order valence-corrected chi connectivity index (χ0v) is 22.2. The number of rotatable bonds is 9. The van der Waals surface area contributed by atoms with Gasteiger partial charge in [0.15, 0.2) is 5.75 Å². The van der Waals surface area contributed by atoms with Gasteiger partial charge in [0.25, 0.3) is 5.91 Å². The van der Waals surface area contributed by atoms with Gasteiger partial charge < -0.3 is 15.8 Å². The first-order chi connectivity index (χ1) is 18.4. The average Bonchev–Trinajstić information content (AvgIpc) is 3.38. The minimum absolute atomic E-state index is 0.314. The SMILES string of the molecule is CCCN1CCC=C(c2ccc(Nc3nc(Nc4cc(Cl)ccc4C(N)=O)c4cc[nH]c4[nH+]3)c(OC)c2)C1. The number of nitrogens with one attached hydrogen (secondary N) is 4. The van der Waals surface area contributed by atoms with Crippen molar-refractivity contribution in [2.45, 2.75) is 19.8 Å². The van der Waals surface area contributed by atoms with Crippen molar-refractivity contribution < 1.29 is 14.5 Å². The molecule has 0 unspecified atom stereocenters. The second-order valence-corrected chi connectivity index (χ2v) is 9.65. The standard InChI is InChI=1S/C28H30ClN7O2/c1-3-12-36-13-4-5-18(16-36)17-6-9-22(24(14-17)38-2)33-28-34-26-21(10-11-31-26)27(35-28)32-23-15-19(29)7-8-20(23)25(30)37/h5-11,14-15H,3-4,12-13,16H2,1-2H3,(H2,30,37)(H3,31,32,33,34,35)/p+1. The van der Waals surface area contributed by atoms with E-state index in [-0.39, 0.29) is 0 Å². The number of benzene rings is 2. The number of nitrogens with two attached hydrogens (primary N) is 1. The Balaban J connectivity index is 1.45. The molecule has 0 radical (unpaired) electrons. The molecule has 38 heavy (non-hydrogen) atoms. The number of aromatic nitrogens is 3. The number of ether oxygens (including phenoxy) is 1. The summed E-state index contributed by atoms with van der Waals surface area (Å²) in [6, 6.07) is 12.9. The number of hydrogen-bond donors (Lipinski definition) is 4. The third-order valence-corrected chi connectivity index (χ3v) is 6.80. The largest absolute Gasteiger partial charge is 0.493 e. The van der Waals surface area contributed by atoms with E-state index in [4.69, 9.17) is 27.1 Å². The summed E-state index contributed by atoms with van der Waals surface area (Å²) in [6.07, 6.45) is 6.31. The van der Waals surface area contributed by atoms with Crippen molar-refractivity contribution in [3.05, 3.63) is 70.9 Å². The number of carbonyl (C=O) groups excluding carboxylic acids is 1. The van der Waals surface area contributed by atoms with E-state index in [0.717, 1.165) is 54.8 Å². The van der Waals surface area contributed by atoms with Crippen LogP contribution in [0.4, 0.5) is 23.1 Å². The van der Waals surface area contributed by atoms with E-state index in [1.807, 2.05) is 12.1 Å². The maximum absolute atomic E-state index is 12.0. The van der Waals surface area contributed by atoms with Crippen molar-refractivity contribution in [2.24, 2.45) is 5.73 Å². The van der Waals surface area contributed by atoms with Crippen LogP contribution in [0.5, 0.6) is 5.75 Å². The lowest BCUT2D eigenvalue weighted by Crippen LogP contribution is -2.30. The Morgan fingerprint density at radius 2 is 2.08 bits per heavy atom. The number of amides is 1. The molecule has 2 aromatic heterocycles. The predicted octanol–water partition coefficient (Wildman–Crippen LogP) is 5.12. The van der Waals surface area contributed by atoms with Crippen LogP contribution in [0.2, 0.25) is 5.02 Å². The molecule has 6 N–H and O–H groups in total. The highest BCUT2D eigenvalue weighted by atomic mass is 35.5. The van der Waals surface area contributed by atoms with Gasteiger partial charge in [0.2, 0.25) is 11.5 Å². The maximum atomic E-state index is 12.0. The zero-order valence-electron chi connectivity index (χ0n) is 21.4. The smallest absolute Gasteiger partial charge is 0.351 e. The Morgan fingerprint density at radius 3 is 2.87 bits per heavy atom. The Labute approximate surface area is 226 Å². The van der Waals surface area contributed by atoms with Gasteiger partial charge in [-0.25, -0.2) is 4.98 Å². The van der Waals surface area contributed by atoms with Crippen molar-refractivity contribution in [1.29, 1.82) is 0 Å². The van der Waals surface area contributed by atoms with E-state index in [9.17, 15) is 4.79 Å². The van der Waals surface area contributed by atoms with Crippen molar-refractivity contribution in [2.75, 3.05) is 37.4 Å². The minimum atomic E-state index is -0.564. The third-order valence-electron chi connectivity index (χ3n) is 6.56. The van der Waals surface area contributed by atoms with Gasteiger partial charge in [0, 0.05) is 24.3 Å². The van der Waals surface area contributed by atoms with E-state index in [2.05, 4.69) is 50.6 Å². The first-order valence-corrected chi connectivity index (χ1v) is 13.0. The molecule has 0 saturated heterocycles. The minimum Gasteiger partial charge on any atom is -0.493 e. The van der Waals surface area contributed by atoms with Gasteiger partial charge in [-0.05, 0) is 66.9 Å². The van der Waals surface area contributed by atoms with Gasteiger partial charge in [-0.15, -0.1) is 0 Å². The summed E-state index contributed by atoms with van der Waals surface area (Å²) >= 11 is 6.19. The van der Waals surface area contributed by atoms with Crippen LogP contribution in [0.3, 0.4) is 0 Å². The number of nitrogens with zero attached hydrogens (tertiary/aromatic N) is 2. The lowest BCUT2D eigenvalue weighted by Gasteiger charge is -2.27. The molecule has 0 bridgehead atoms. The zero-order chi connectivity index (χ0) is 26.6. The third kappa shape index (κ3) is 5.44. The van der Waals surface area contributed by atoms with Crippen LogP contribution in [0, 0.1) is 0 Å². The van der Waals surface area contributed by atoms with Crippen molar-refractivity contribution in [3.8, 4) is 5.75 Å². The molecule has 0 fully saturated rings. The Bertz CT molecular complexity index is 1510. The van der Waals surface area contributed by atoms with Gasteiger partial charge in [-0.3, -0.25) is 20.0 Å². The lowest BCUT2D eigenvalue weighted by molar-refractivity contribution is -0.333. The van der Waals surface area contributed by atoms with E-state index in [0.29, 0.717) is 33.8 Å². The monoisotopic (exact) mass is 532 g/mol. The first kappa shape index (κ1) is 25.6. The summed E-state index contributed by atoms with van der Waals surface area (Å²) in [7, 11) is 1.66. The number of hydrogen-bond acceptors (Lipinski definition) is 6. The summed E-state index contributed by atoms with van der Waals surface area (Å²) < 4.78 is 5.74. The van der Waals surface area contributed by atoms with Gasteiger partial charge in [-0.2, -0.15) is 0 Å². The lowest BCUT2D eigenvalue weighted by atomic mass is 10.00. The summed E-state index contributed by atoms with van der Waals surface area (Å²) in [5.41, 5.74) is 10.3. The number of anilines is 4. The number of fused-ring (bicyclic) bond motifs is 1. The normalized spacial score (nSPS) is 13.8. The molecule has 1 amide bonds. The van der Waals surface area contributed by atoms with E-state index in [1.165, 1.54) is 5.57 Å². The molecule has 5 rings (SSSR count). The molecule has 0 atom stereocenters. The van der Waals surface area contributed by atoms with Crippen molar-refractivity contribution >= 4 is 57.3 Å². The van der Waals surface area contributed by atoms with Crippen LogP contribution in [-0.4, -0.2) is 47.5 Å². The first-order valence-electron chi connectivity index (χ1n) is 12.6. The molecule has 1 aliphatic rings. The van der Waals surface area contributed by atoms with Gasteiger partial charge in [-0.1, -0.05) is 35.7 Å². The fourth-order valence-electron chi connectivity index (χ4n) is 4.75. The van der Waals surface area contributed by atoms with Gasteiger partial charge >= 0.3 is 5.95 Å². The topological polar surface area (TPSA) is 122 Å². The molecule has 4 aromatic rings. The average molecular weight is 533 g/mol. The van der Waals surface area contributed by atoms with Crippen LogP contribution >= 0.6 is 11.6 Å². The molecule has 10 heteroatoms.